The second-order valence-corrected chi connectivity index (χ2v) is 7.23. The third kappa shape index (κ3) is 4.54. The molecule has 0 bridgehead atoms. The van der Waals surface area contributed by atoms with Crippen molar-refractivity contribution in [1.29, 1.82) is 0 Å². The maximum atomic E-state index is 12.7. The van der Waals surface area contributed by atoms with Crippen LogP contribution in [0.15, 0.2) is 41.4 Å². The van der Waals surface area contributed by atoms with Crippen LogP contribution in [0.1, 0.15) is 48.2 Å². The van der Waals surface area contributed by atoms with E-state index in [0.29, 0.717) is 6.42 Å². The molecule has 0 aliphatic rings. The van der Waals surface area contributed by atoms with E-state index in [1.165, 1.54) is 5.56 Å². The summed E-state index contributed by atoms with van der Waals surface area (Å²) in [5.74, 6) is 1.54. The number of hydrogen-bond acceptors (Lipinski definition) is 5. The highest BCUT2D eigenvalue weighted by Crippen LogP contribution is 2.20. The molecule has 0 aromatic carbocycles. The minimum atomic E-state index is -0.100. The first kappa shape index (κ1) is 18.3. The number of pyridine rings is 1. The van der Waals surface area contributed by atoms with Gasteiger partial charge < -0.3 is 5.32 Å². The summed E-state index contributed by atoms with van der Waals surface area (Å²) in [6.07, 6.45) is 4.65. The van der Waals surface area contributed by atoms with Gasteiger partial charge in [0.05, 0.1) is 12.1 Å². The van der Waals surface area contributed by atoms with E-state index in [9.17, 15) is 4.79 Å². The molecule has 0 spiro atoms. The smallest absolute Gasteiger partial charge is 0.222 e. The van der Waals surface area contributed by atoms with Crippen LogP contribution in [0.4, 0.5) is 0 Å². The zero-order chi connectivity index (χ0) is 18.5. The number of carbonyl (C=O) groups excluding carboxylic acids is 1. The molecule has 3 aromatic heterocycles. The van der Waals surface area contributed by atoms with Crippen LogP contribution in [0.2, 0.25) is 0 Å². The molecule has 0 fully saturated rings. The van der Waals surface area contributed by atoms with Crippen molar-refractivity contribution in [1.82, 2.24) is 25.1 Å². The average molecular weight is 369 g/mol. The van der Waals surface area contributed by atoms with Gasteiger partial charge >= 0.3 is 0 Å². The van der Waals surface area contributed by atoms with Gasteiger partial charge in [-0.3, -0.25) is 9.78 Å². The molecule has 0 aliphatic heterocycles. The summed E-state index contributed by atoms with van der Waals surface area (Å²) in [6.45, 7) is 5.75. The lowest BCUT2D eigenvalue weighted by atomic mass is 10.0. The van der Waals surface area contributed by atoms with Crippen LogP contribution in [0, 0.1) is 13.8 Å². The third-order valence-electron chi connectivity index (χ3n) is 4.25. The summed E-state index contributed by atoms with van der Waals surface area (Å²) in [5, 5.41) is 11.7. The second kappa shape index (κ2) is 8.23. The van der Waals surface area contributed by atoms with Crippen molar-refractivity contribution in [2.24, 2.45) is 0 Å². The van der Waals surface area contributed by atoms with Crippen molar-refractivity contribution in [3.8, 4) is 0 Å². The van der Waals surface area contributed by atoms with Gasteiger partial charge in [0.1, 0.15) is 11.6 Å². The lowest BCUT2D eigenvalue weighted by molar-refractivity contribution is -0.122. The largest absolute Gasteiger partial charge is 0.349 e. The molecular formula is C19H23N5OS. The first-order valence-electron chi connectivity index (χ1n) is 8.63. The van der Waals surface area contributed by atoms with Crippen molar-refractivity contribution in [2.45, 2.75) is 45.7 Å². The molecule has 0 saturated heterocycles. The average Bonchev–Trinajstić information content (AvgIpc) is 3.24. The fraction of sp³-hybridized carbons (Fsp3) is 0.368. The van der Waals surface area contributed by atoms with Gasteiger partial charge in [-0.25, -0.2) is 9.67 Å². The molecule has 2 atom stereocenters. The number of thiophene rings is 1. The molecule has 0 radical (unpaired) electrons. The van der Waals surface area contributed by atoms with E-state index in [0.717, 1.165) is 23.6 Å². The fourth-order valence-electron chi connectivity index (χ4n) is 3.04. The Labute approximate surface area is 157 Å². The van der Waals surface area contributed by atoms with Crippen LogP contribution in [0.25, 0.3) is 0 Å². The normalized spacial score (nSPS) is 13.3. The van der Waals surface area contributed by atoms with E-state index in [1.54, 1.807) is 17.5 Å². The van der Waals surface area contributed by atoms with Crippen molar-refractivity contribution >= 4 is 17.2 Å². The van der Waals surface area contributed by atoms with E-state index in [4.69, 9.17) is 0 Å². The predicted octanol–water partition coefficient (Wildman–Crippen LogP) is 3.40. The maximum Gasteiger partial charge on any atom is 0.222 e. The predicted molar refractivity (Wildman–Crippen MR) is 102 cm³/mol. The maximum absolute atomic E-state index is 12.7. The fourth-order valence-corrected chi connectivity index (χ4v) is 3.72. The number of nitrogens with zero attached hydrogens (tertiary/aromatic N) is 4. The highest BCUT2D eigenvalue weighted by molar-refractivity contribution is 7.07. The van der Waals surface area contributed by atoms with E-state index in [1.807, 2.05) is 43.8 Å². The monoisotopic (exact) mass is 369 g/mol. The van der Waals surface area contributed by atoms with Gasteiger partial charge in [0, 0.05) is 18.8 Å². The summed E-state index contributed by atoms with van der Waals surface area (Å²) in [7, 11) is 0. The van der Waals surface area contributed by atoms with Gasteiger partial charge in [-0.15, -0.1) is 0 Å². The lowest BCUT2D eigenvalue weighted by Crippen LogP contribution is -2.31. The zero-order valence-corrected chi connectivity index (χ0v) is 16.0. The molecule has 26 heavy (non-hydrogen) atoms. The summed E-state index contributed by atoms with van der Waals surface area (Å²) >= 11 is 1.66. The van der Waals surface area contributed by atoms with E-state index in [2.05, 4.69) is 37.2 Å². The third-order valence-corrected chi connectivity index (χ3v) is 4.98. The van der Waals surface area contributed by atoms with Crippen LogP contribution >= 0.6 is 11.3 Å². The highest BCUT2D eigenvalue weighted by Gasteiger charge is 2.19. The Bertz CT molecular complexity index is 844. The standard InChI is InChI=1S/C19H23N5OS/c1-13(24-15(3)21-14(2)23-24)9-19(25)22-18(10-16-6-8-26-12-16)17-5-4-7-20-11-17/h4-8,11-13,18H,9-10H2,1-3H3,(H,22,25). The molecule has 0 aliphatic carbocycles. The Kier molecular flexibility index (Phi) is 5.78. The van der Waals surface area contributed by atoms with E-state index < -0.39 is 0 Å². The summed E-state index contributed by atoms with van der Waals surface area (Å²) in [5.41, 5.74) is 2.22. The lowest BCUT2D eigenvalue weighted by Gasteiger charge is -2.20. The molecule has 6 nitrogen and oxygen atoms in total. The number of aromatic nitrogens is 4. The molecule has 0 saturated carbocycles. The molecule has 1 amide bonds. The summed E-state index contributed by atoms with van der Waals surface area (Å²) in [6, 6.07) is 5.83. The van der Waals surface area contributed by atoms with Crippen LogP contribution in [-0.2, 0) is 11.2 Å². The minimum absolute atomic E-state index is 0.00543. The van der Waals surface area contributed by atoms with Gasteiger partial charge in [0.15, 0.2) is 0 Å². The van der Waals surface area contributed by atoms with Gasteiger partial charge in [0.25, 0.3) is 0 Å². The molecule has 3 aromatic rings. The van der Waals surface area contributed by atoms with Gasteiger partial charge in [-0.1, -0.05) is 6.07 Å². The van der Waals surface area contributed by atoms with E-state index in [-0.39, 0.29) is 18.0 Å². The molecular weight excluding hydrogens is 346 g/mol. The Morgan fingerprint density at radius 3 is 2.81 bits per heavy atom. The first-order valence-corrected chi connectivity index (χ1v) is 9.57. The van der Waals surface area contributed by atoms with Crippen LogP contribution in [-0.4, -0.2) is 25.7 Å². The molecule has 1 N–H and O–H groups in total. The Morgan fingerprint density at radius 1 is 1.35 bits per heavy atom. The molecule has 3 heterocycles. The quantitative estimate of drug-likeness (QED) is 0.693. The van der Waals surface area contributed by atoms with Gasteiger partial charge in [0.2, 0.25) is 5.91 Å². The van der Waals surface area contributed by atoms with Crippen LogP contribution in [0.3, 0.4) is 0 Å². The van der Waals surface area contributed by atoms with Crippen LogP contribution < -0.4 is 5.32 Å². The number of carbonyl (C=O) groups is 1. The second-order valence-electron chi connectivity index (χ2n) is 6.45. The van der Waals surface area contributed by atoms with Gasteiger partial charge in [-0.05, 0) is 61.2 Å². The topological polar surface area (TPSA) is 72.7 Å². The first-order chi connectivity index (χ1) is 12.5. The number of hydrogen-bond donors (Lipinski definition) is 1. The number of aryl methyl sites for hydroxylation is 2. The van der Waals surface area contributed by atoms with Crippen molar-refractivity contribution < 1.29 is 4.79 Å². The van der Waals surface area contributed by atoms with Crippen molar-refractivity contribution in [3.63, 3.8) is 0 Å². The summed E-state index contributed by atoms with van der Waals surface area (Å²) < 4.78 is 1.81. The molecule has 136 valence electrons. The Hall–Kier alpha value is -2.54. The summed E-state index contributed by atoms with van der Waals surface area (Å²) in [4.78, 5) is 21.2. The number of nitrogens with one attached hydrogen (secondary N) is 1. The van der Waals surface area contributed by atoms with Crippen LogP contribution in [0.5, 0.6) is 0 Å². The Balaban J connectivity index is 1.69. The zero-order valence-electron chi connectivity index (χ0n) is 15.2. The number of amides is 1. The number of rotatable bonds is 7. The minimum Gasteiger partial charge on any atom is -0.349 e. The van der Waals surface area contributed by atoms with Gasteiger partial charge in [-0.2, -0.15) is 16.4 Å². The molecule has 7 heteroatoms. The highest BCUT2D eigenvalue weighted by atomic mass is 32.1. The molecule has 3 rings (SSSR count). The SMILES string of the molecule is Cc1nc(C)n(C(C)CC(=O)NC(Cc2ccsc2)c2cccnc2)n1. The Morgan fingerprint density at radius 2 is 2.19 bits per heavy atom. The molecule has 2 unspecified atom stereocenters. The van der Waals surface area contributed by atoms with E-state index >= 15 is 0 Å². The van der Waals surface area contributed by atoms with Crippen molar-refractivity contribution in [3.05, 3.63) is 64.1 Å². The van der Waals surface area contributed by atoms with Crippen molar-refractivity contribution in [2.75, 3.05) is 0 Å².